The van der Waals surface area contributed by atoms with Crippen LogP contribution < -0.4 is 4.90 Å². The van der Waals surface area contributed by atoms with Gasteiger partial charge in [-0.25, -0.2) is 4.39 Å². The molecule has 0 aliphatic heterocycles. The van der Waals surface area contributed by atoms with Gasteiger partial charge in [0, 0.05) is 36.8 Å². The van der Waals surface area contributed by atoms with Crippen LogP contribution in [-0.2, 0) is 11.2 Å². The van der Waals surface area contributed by atoms with Crippen LogP contribution in [0.4, 0.5) is 10.1 Å². The summed E-state index contributed by atoms with van der Waals surface area (Å²) in [6.45, 7) is 5.93. The van der Waals surface area contributed by atoms with E-state index in [2.05, 4.69) is 4.98 Å². The average molecular weight is 419 g/mol. The Morgan fingerprint density at radius 1 is 0.968 bits per heavy atom. The van der Waals surface area contributed by atoms with Crippen molar-refractivity contribution in [1.82, 2.24) is 4.98 Å². The van der Waals surface area contributed by atoms with Crippen molar-refractivity contribution in [3.8, 4) is 11.1 Å². The van der Waals surface area contributed by atoms with Gasteiger partial charge in [0.2, 0.25) is 5.91 Å². The first-order valence-corrected chi connectivity index (χ1v) is 10.6. The van der Waals surface area contributed by atoms with Gasteiger partial charge in [0.05, 0.1) is 5.69 Å². The number of aromatic nitrogens is 1. The van der Waals surface area contributed by atoms with Crippen LogP contribution in [0.25, 0.3) is 11.1 Å². The fraction of sp³-hybridized carbons (Fsp3) is 0.269. The molecule has 3 aromatic rings. The summed E-state index contributed by atoms with van der Waals surface area (Å²) >= 11 is 0. The van der Waals surface area contributed by atoms with Gasteiger partial charge in [-0.2, -0.15) is 0 Å². The van der Waals surface area contributed by atoms with E-state index in [1.165, 1.54) is 11.0 Å². The average Bonchev–Trinajstić information content (AvgIpc) is 2.79. The van der Waals surface area contributed by atoms with Gasteiger partial charge in [-0.05, 0) is 55.2 Å². The molecule has 3 rings (SSSR count). The van der Waals surface area contributed by atoms with Gasteiger partial charge < -0.3 is 4.90 Å². The highest BCUT2D eigenvalue weighted by molar-refractivity contribution is 5.96. The van der Waals surface area contributed by atoms with Crippen molar-refractivity contribution >= 4 is 17.4 Å². The number of nitrogens with zero attached hydrogens (tertiary/aromatic N) is 2. The predicted octanol–water partition coefficient (Wildman–Crippen LogP) is 5.77. The van der Waals surface area contributed by atoms with E-state index in [1.807, 2.05) is 38.1 Å². The molecule has 1 aromatic heterocycles. The molecule has 0 aliphatic rings. The lowest BCUT2D eigenvalue weighted by atomic mass is 9.99. The third kappa shape index (κ3) is 5.43. The molecule has 0 radical (unpaired) electrons. The molecular weight excluding hydrogens is 391 g/mol. The number of aryl methyl sites for hydroxylation is 2. The quantitative estimate of drug-likeness (QED) is 0.436. The standard InChI is InChI=1S/C26H27FN2O2/c1-4-26(31)29(5-2)24-14-13-22(16-23(24)27)20-9-11-21(12-10-20)25(30)15-8-19-7-6-18(3)28-17-19/h6-7,9-14,16-17H,4-5,8,15H2,1-3H3. The van der Waals surface area contributed by atoms with Crippen LogP contribution >= 0.6 is 0 Å². The summed E-state index contributed by atoms with van der Waals surface area (Å²) in [5.74, 6) is -0.489. The fourth-order valence-electron chi connectivity index (χ4n) is 3.47. The minimum absolute atomic E-state index is 0.0605. The molecule has 0 saturated heterocycles. The lowest BCUT2D eigenvalue weighted by Crippen LogP contribution is -2.30. The number of amides is 1. The Kier molecular flexibility index (Phi) is 7.29. The Hall–Kier alpha value is -3.34. The lowest BCUT2D eigenvalue weighted by molar-refractivity contribution is -0.118. The number of hydrogen-bond acceptors (Lipinski definition) is 3. The van der Waals surface area contributed by atoms with Gasteiger partial charge in [0.15, 0.2) is 5.78 Å². The number of anilines is 1. The van der Waals surface area contributed by atoms with Crippen molar-refractivity contribution in [2.45, 2.75) is 40.0 Å². The molecule has 1 heterocycles. The van der Waals surface area contributed by atoms with Crippen molar-refractivity contribution < 1.29 is 14.0 Å². The maximum Gasteiger partial charge on any atom is 0.226 e. The first-order valence-electron chi connectivity index (χ1n) is 10.6. The van der Waals surface area contributed by atoms with E-state index < -0.39 is 5.82 Å². The number of ketones is 1. The van der Waals surface area contributed by atoms with E-state index in [0.717, 1.165) is 16.8 Å². The zero-order chi connectivity index (χ0) is 22.4. The summed E-state index contributed by atoms with van der Waals surface area (Å²) < 4.78 is 14.7. The number of carbonyl (C=O) groups is 2. The highest BCUT2D eigenvalue weighted by Gasteiger charge is 2.16. The Balaban J connectivity index is 1.70. The Morgan fingerprint density at radius 3 is 2.26 bits per heavy atom. The number of carbonyl (C=O) groups excluding carboxylic acids is 2. The molecule has 0 aliphatic carbocycles. The molecule has 0 N–H and O–H groups in total. The van der Waals surface area contributed by atoms with Gasteiger partial charge in [-0.15, -0.1) is 0 Å². The smallest absolute Gasteiger partial charge is 0.226 e. The van der Waals surface area contributed by atoms with Crippen LogP contribution in [0, 0.1) is 12.7 Å². The zero-order valence-corrected chi connectivity index (χ0v) is 18.2. The minimum Gasteiger partial charge on any atom is -0.310 e. The minimum atomic E-state index is -0.437. The molecule has 31 heavy (non-hydrogen) atoms. The second-order valence-electron chi connectivity index (χ2n) is 7.47. The molecule has 0 atom stereocenters. The summed E-state index contributed by atoms with van der Waals surface area (Å²) in [5, 5.41) is 0. The predicted molar refractivity (Wildman–Crippen MR) is 122 cm³/mol. The van der Waals surface area contributed by atoms with Crippen molar-refractivity contribution in [2.75, 3.05) is 11.4 Å². The van der Waals surface area contributed by atoms with E-state index >= 15 is 0 Å². The first kappa shape index (κ1) is 22.3. The van der Waals surface area contributed by atoms with Gasteiger partial charge >= 0.3 is 0 Å². The number of rotatable bonds is 8. The van der Waals surface area contributed by atoms with Crippen LogP contribution in [0.5, 0.6) is 0 Å². The normalized spacial score (nSPS) is 10.7. The van der Waals surface area contributed by atoms with Crippen LogP contribution in [0.1, 0.15) is 48.3 Å². The largest absolute Gasteiger partial charge is 0.310 e. The van der Waals surface area contributed by atoms with Gasteiger partial charge in [-0.1, -0.05) is 43.3 Å². The Morgan fingerprint density at radius 2 is 1.68 bits per heavy atom. The molecule has 0 fully saturated rings. The molecule has 4 nitrogen and oxygen atoms in total. The van der Waals surface area contributed by atoms with Crippen LogP contribution in [0.15, 0.2) is 60.8 Å². The van der Waals surface area contributed by atoms with Crippen LogP contribution in [0.3, 0.4) is 0 Å². The highest BCUT2D eigenvalue weighted by atomic mass is 19.1. The van der Waals surface area contributed by atoms with Crippen molar-refractivity contribution in [2.24, 2.45) is 0 Å². The van der Waals surface area contributed by atoms with Crippen LogP contribution in [-0.4, -0.2) is 23.2 Å². The van der Waals surface area contributed by atoms with Crippen molar-refractivity contribution in [3.63, 3.8) is 0 Å². The highest BCUT2D eigenvalue weighted by Crippen LogP contribution is 2.27. The van der Waals surface area contributed by atoms with E-state index in [4.69, 9.17) is 0 Å². The fourth-order valence-corrected chi connectivity index (χ4v) is 3.47. The first-order chi connectivity index (χ1) is 14.9. The molecule has 0 saturated carbocycles. The second kappa shape index (κ2) is 10.1. The number of pyridine rings is 1. The van der Waals surface area contributed by atoms with Crippen molar-refractivity contribution in [3.05, 3.63) is 83.4 Å². The van der Waals surface area contributed by atoms with E-state index in [9.17, 15) is 14.0 Å². The lowest BCUT2D eigenvalue weighted by Gasteiger charge is -2.21. The Bertz CT molecular complexity index is 1060. The summed E-state index contributed by atoms with van der Waals surface area (Å²) in [6.07, 6.45) is 3.18. The molecule has 1 amide bonds. The third-order valence-electron chi connectivity index (χ3n) is 5.31. The van der Waals surface area contributed by atoms with E-state index in [-0.39, 0.29) is 17.4 Å². The molecule has 0 spiro atoms. The van der Waals surface area contributed by atoms with Gasteiger partial charge in [0.25, 0.3) is 0 Å². The van der Waals surface area contributed by atoms with E-state index in [0.29, 0.717) is 36.9 Å². The topological polar surface area (TPSA) is 50.3 Å². The summed E-state index contributed by atoms with van der Waals surface area (Å²) in [5.41, 5.74) is 4.42. The third-order valence-corrected chi connectivity index (χ3v) is 5.31. The SMILES string of the molecule is CCC(=O)N(CC)c1ccc(-c2ccc(C(=O)CCc3ccc(C)nc3)cc2)cc1F. The summed E-state index contributed by atoms with van der Waals surface area (Å²) in [7, 11) is 0. The molecular formula is C26H27FN2O2. The summed E-state index contributed by atoms with van der Waals surface area (Å²) in [4.78, 5) is 30.3. The molecule has 5 heteroatoms. The van der Waals surface area contributed by atoms with Gasteiger partial charge in [0.1, 0.15) is 5.82 Å². The van der Waals surface area contributed by atoms with Crippen LogP contribution in [0.2, 0.25) is 0 Å². The maximum atomic E-state index is 14.7. The number of benzene rings is 2. The number of halogens is 1. The number of hydrogen-bond donors (Lipinski definition) is 0. The van der Waals surface area contributed by atoms with Gasteiger partial charge in [-0.3, -0.25) is 14.6 Å². The molecule has 2 aromatic carbocycles. The number of Topliss-reactive ketones (excluding diaryl/α,β-unsaturated/α-hetero) is 1. The maximum absolute atomic E-state index is 14.7. The zero-order valence-electron chi connectivity index (χ0n) is 18.2. The summed E-state index contributed by atoms with van der Waals surface area (Å²) in [6, 6.07) is 16.0. The van der Waals surface area contributed by atoms with Crippen molar-refractivity contribution in [1.29, 1.82) is 0 Å². The second-order valence-corrected chi connectivity index (χ2v) is 7.47. The molecule has 0 unspecified atom stereocenters. The molecule has 0 bridgehead atoms. The Labute approximate surface area is 182 Å². The monoisotopic (exact) mass is 418 g/mol. The molecule has 160 valence electrons. The van der Waals surface area contributed by atoms with E-state index in [1.54, 1.807) is 37.4 Å².